The highest BCUT2D eigenvalue weighted by Crippen LogP contribution is 2.37. The topological polar surface area (TPSA) is 49.4 Å². The number of carbonyl (C=O) groups is 2. The van der Waals surface area contributed by atoms with E-state index in [0.29, 0.717) is 16.9 Å². The molecule has 4 nitrogen and oxygen atoms in total. The second-order valence-electron chi connectivity index (χ2n) is 8.77. The molecule has 3 aromatic carbocycles. The number of nitrogens with zero attached hydrogens (tertiary/aromatic N) is 1. The van der Waals surface area contributed by atoms with Crippen LogP contribution in [0, 0.1) is 26.6 Å². The van der Waals surface area contributed by atoms with Gasteiger partial charge in [-0.3, -0.25) is 9.59 Å². The Kier molecular flexibility index (Phi) is 6.30. The molecule has 170 valence electrons. The maximum atomic E-state index is 14.6. The molecule has 33 heavy (non-hydrogen) atoms. The quantitative estimate of drug-likeness (QED) is 0.525. The Morgan fingerprint density at radius 2 is 1.70 bits per heavy atom. The van der Waals surface area contributed by atoms with Crippen molar-refractivity contribution < 1.29 is 14.0 Å². The molecule has 1 unspecified atom stereocenters. The number of fused-ring (bicyclic) bond motifs is 1. The van der Waals surface area contributed by atoms with Gasteiger partial charge in [0, 0.05) is 28.4 Å². The third kappa shape index (κ3) is 4.40. The minimum atomic E-state index is -1.20. The zero-order valence-electron chi connectivity index (χ0n) is 19.2. The smallest absolute Gasteiger partial charge is 0.256 e. The van der Waals surface area contributed by atoms with Crippen molar-refractivity contribution in [1.82, 2.24) is 4.90 Å². The molecular formula is C27H27FN2O2S. The van der Waals surface area contributed by atoms with Crippen LogP contribution in [-0.4, -0.2) is 28.0 Å². The first-order valence-corrected chi connectivity index (χ1v) is 11.9. The highest BCUT2D eigenvalue weighted by atomic mass is 32.2. The molecule has 0 saturated carbocycles. The van der Waals surface area contributed by atoms with Crippen LogP contribution in [0.2, 0.25) is 0 Å². The van der Waals surface area contributed by atoms with Crippen LogP contribution < -0.4 is 5.32 Å². The van der Waals surface area contributed by atoms with Crippen molar-refractivity contribution >= 4 is 29.3 Å². The predicted molar refractivity (Wildman–Crippen MR) is 131 cm³/mol. The van der Waals surface area contributed by atoms with Gasteiger partial charge in [-0.05, 0) is 57.0 Å². The van der Waals surface area contributed by atoms with Gasteiger partial charge in [0.15, 0.2) is 0 Å². The molecule has 0 fully saturated rings. The number of carbonyl (C=O) groups excluding carboxylic acids is 2. The van der Waals surface area contributed by atoms with Crippen LogP contribution in [0.1, 0.15) is 39.5 Å². The summed E-state index contributed by atoms with van der Waals surface area (Å²) in [5.41, 5.74) is 3.48. The molecule has 0 aliphatic carbocycles. The highest BCUT2D eigenvalue weighted by Gasteiger charge is 2.45. The number of hydrogen-bond acceptors (Lipinski definition) is 3. The summed E-state index contributed by atoms with van der Waals surface area (Å²) < 4.78 is 14.6. The summed E-state index contributed by atoms with van der Waals surface area (Å²) >= 11 is 1.47. The number of halogens is 1. The molecule has 1 atom stereocenters. The lowest BCUT2D eigenvalue weighted by molar-refractivity contribution is -0.125. The molecule has 6 heteroatoms. The fraction of sp³-hybridized carbons (Fsp3) is 0.259. The van der Waals surface area contributed by atoms with Crippen molar-refractivity contribution in [2.75, 3.05) is 11.1 Å². The lowest BCUT2D eigenvalue weighted by Crippen LogP contribution is -2.58. The summed E-state index contributed by atoms with van der Waals surface area (Å²) in [5.74, 6) is -0.625. The summed E-state index contributed by atoms with van der Waals surface area (Å²) in [6.45, 7) is 7.69. The lowest BCUT2D eigenvalue weighted by atomic mass is 9.97. The fourth-order valence-corrected chi connectivity index (χ4v) is 5.50. The molecule has 1 N–H and O–H groups in total. The van der Waals surface area contributed by atoms with Crippen molar-refractivity contribution in [3.8, 4) is 0 Å². The van der Waals surface area contributed by atoms with E-state index in [2.05, 4.69) is 5.32 Å². The molecule has 1 aliphatic heterocycles. The van der Waals surface area contributed by atoms with Gasteiger partial charge in [-0.15, -0.1) is 11.8 Å². The van der Waals surface area contributed by atoms with Gasteiger partial charge < -0.3 is 10.2 Å². The van der Waals surface area contributed by atoms with Crippen molar-refractivity contribution in [1.29, 1.82) is 0 Å². The van der Waals surface area contributed by atoms with Gasteiger partial charge in [-0.2, -0.15) is 0 Å². The van der Waals surface area contributed by atoms with E-state index in [1.54, 1.807) is 37.3 Å². The zero-order chi connectivity index (χ0) is 23.8. The first kappa shape index (κ1) is 23.1. The maximum Gasteiger partial charge on any atom is 0.256 e. The molecule has 1 heterocycles. The van der Waals surface area contributed by atoms with Gasteiger partial charge in [-0.1, -0.05) is 48.0 Å². The highest BCUT2D eigenvalue weighted by molar-refractivity contribution is 7.99. The number of amides is 2. The molecule has 3 aromatic rings. The van der Waals surface area contributed by atoms with E-state index in [-0.39, 0.29) is 18.4 Å². The largest absolute Gasteiger partial charge is 0.324 e. The van der Waals surface area contributed by atoms with Gasteiger partial charge in [0.25, 0.3) is 11.8 Å². The van der Waals surface area contributed by atoms with E-state index in [0.717, 1.165) is 27.3 Å². The number of anilines is 1. The molecular weight excluding hydrogens is 435 g/mol. The first-order valence-electron chi connectivity index (χ1n) is 10.9. The van der Waals surface area contributed by atoms with Crippen LogP contribution in [0.25, 0.3) is 0 Å². The number of rotatable bonds is 4. The van der Waals surface area contributed by atoms with Crippen LogP contribution in [0.15, 0.2) is 65.6 Å². The Bertz CT molecular complexity index is 1220. The van der Waals surface area contributed by atoms with Crippen molar-refractivity contribution in [3.63, 3.8) is 0 Å². The number of hydrogen-bond donors (Lipinski definition) is 1. The van der Waals surface area contributed by atoms with E-state index in [9.17, 15) is 14.0 Å². The normalized spacial score (nSPS) is 18.0. The van der Waals surface area contributed by atoms with E-state index >= 15 is 0 Å². The molecule has 0 radical (unpaired) electrons. The lowest BCUT2D eigenvalue weighted by Gasteiger charge is -2.39. The number of nitrogens with one attached hydrogen (secondary N) is 1. The predicted octanol–water partition coefficient (Wildman–Crippen LogP) is 5.90. The summed E-state index contributed by atoms with van der Waals surface area (Å²) in [5, 5.41) is 3.08. The second-order valence-corrected chi connectivity index (χ2v) is 9.79. The van der Waals surface area contributed by atoms with Crippen LogP contribution in [0.3, 0.4) is 0 Å². The van der Waals surface area contributed by atoms with Crippen molar-refractivity contribution in [2.24, 2.45) is 0 Å². The zero-order valence-corrected chi connectivity index (χ0v) is 20.1. The molecule has 2 amide bonds. The van der Waals surface area contributed by atoms with Gasteiger partial charge in [-0.25, -0.2) is 4.39 Å². The summed E-state index contributed by atoms with van der Waals surface area (Å²) in [7, 11) is 0. The number of benzene rings is 3. The van der Waals surface area contributed by atoms with E-state index in [1.807, 2.05) is 45.0 Å². The minimum absolute atomic E-state index is 0.00379. The third-order valence-corrected chi connectivity index (χ3v) is 7.53. The van der Waals surface area contributed by atoms with Gasteiger partial charge in [0.2, 0.25) is 0 Å². The molecule has 0 spiro atoms. The average Bonchev–Trinajstić information content (AvgIpc) is 2.88. The average molecular weight is 463 g/mol. The Morgan fingerprint density at radius 3 is 2.39 bits per heavy atom. The van der Waals surface area contributed by atoms with E-state index in [1.165, 1.54) is 22.7 Å². The molecule has 1 aliphatic rings. The SMILES string of the molecule is Cc1cc(C)c(NC(=O)C2(C)CSc3ccccc3C(=O)N2Cc2ccccc2F)c(C)c1. The summed E-state index contributed by atoms with van der Waals surface area (Å²) in [6.07, 6.45) is 0. The van der Waals surface area contributed by atoms with Crippen LogP contribution in [-0.2, 0) is 11.3 Å². The van der Waals surface area contributed by atoms with Gasteiger partial charge in [0.05, 0.1) is 5.56 Å². The van der Waals surface area contributed by atoms with Gasteiger partial charge >= 0.3 is 0 Å². The minimum Gasteiger partial charge on any atom is -0.324 e. The summed E-state index contributed by atoms with van der Waals surface area (Å²) in [4.78, 5) is 29.8. The Labute approximate surface area is 198 Å². The monoisotopic (exact) mass is 462 g/mol. The Morgan fingerprint density at radius 1 is 1.06 bits per heavy atom. The summed E-state index contributed by atoms with van der Waals surface area (Å²) in [6, 6.07) is 17.7. The molecule has 0 saturated heterocycles. The Balaban J connectivity index is 1.77. The fourth-order valence-electron chi connectivity index (χ4n) is 4.29. The van der Waals surface area contributed by atoms with Crippen LogP contribution in [0.4, 0.5) is 10.1 Å². The van der Waals surface area contributed by atoms with E-state index in [4.69, 9.17) is 0 Å². The van der Waals surface area contributed by atoms with Crippen molar-refractivity contribution in [2.45, 2.75) is 44.7 Å². The molecule has 0 aromatic heterocycles. The van der Waals surface area contributed by atoms with Crippen LogP contribution in [0.5, 0.6) is 0 Å². The van der Waals surface area contributed by atoms with Crippen LogP contribution >= 0.6 is 11.8 Å². The second kappa shape index (κ2) is 9.02. The Hall–Kier alpha value is -3.12. The third-order valence-electron chi connectivity index (χ3n) is 6.16. The standard InChI is InChI=1S/C27H27FN2O2S/c1-17-13-18(2)24(19(3)14-17)29-26(32)27(4)16-33-23-12-8-6-10-21(23)25(31)30(27)15-20-9-5-7-11-22(20)28/h5-14H,15-16H2,1-4H3,(H,29,32). The number of thioether (sulfide) groups is 1. The van der Waals surface area contributed by atoms with E-state index < -0.39 is 11.4 Å². The van der Waals surface area contributed by atoms with Gasteiger partial charge in [0.1, 0.15) is 11.4 Å². The molecule has 4 rings (SSSR count). The van der Waals surface area contributed by atoms with Crippen molar-refractivity contribution in [3.05, 3.63) is 94.3 Å². The maximum absolute atomic E-state index is 14.6. The first-order chi connectivity index (χ1) is 15.7. The number of aryl methyl sites for hydroxylation is 3. The molecule has 0 bridgehead atoms.